The predicted molar refractivity (Wildman–Crippen MR) is 109 cm³/mol. The zero-order valence-corrected chi connectivity index (χ0v) is 16.6. The lowest BCUT2D eigenvalue weighted by molar-refractivity contribution is 0.0946. The van der Waals surface area contributed by atoms with Crippen molar-refractivity contribution in [1.29, 1.82) is 0 Å². The standard InChI is InChI=1S/C22H26N4O2/c1-14(2)26-21-19(12-24-26)18(22(27)23-11-16-8-9-28-13-16)10-20(25-21)17-7-5-4-6-15(17)3/h4-7,10,12,14,16H,8-9,11,13H2,1-3H3,(H,23,27)/t16-/m0/s1. The third-order valence-corrected chi connectivity index (χ3v) is 5.30. The fourth-order valence-corrected chi connectivity index (χ4v) is 3.66. The first-order valence-electron chi connectivity index (χ1n) is 9.85. The van der Waals surface area contributed by atoms with Crippen LogP contribution in [0.4, 0.5) is 0 Å². The number of amides is 1. The molecule has 3 aromatic rings. The third kappa shape index (κ3) is 3.52. The summed E-state index contributed by atoms with van der Waals surface area (Å²) < 4.78 is 7.28. The number of nitrogens with one attached hydrogen (secondary N) is 1. The normalized spacial score (nSPS) is 16.8. The van der Waals surface area contributed by atoms with Crippen LogP contribution in [0.3, 0.4) is 0 Å². The van der Waals surface area contributed by atoms with Crippen LogP contribution < -0.4 is 5.32 Å². The Morgan fingerprint density at radius 2 is 2.18 bits per heavy atom. The van der Waals surface area contributed by atoms with Gasteiger partial charge in [0.1, 0.15) is 0 Å². The van der Waals surface area contributed by atoms with Gasteiger partial charge in [0, 0.05) is 30.7 Å². The van der Waals surface area contributed by atoms with E-state index >= 15 is 0 Å². The van der Waals surface area contributed by atoms with Crippen molar-refractivity contribution in [2.45, 2.75) is 33.2 Å². The molecule has 0 aliphatic carbocycles. The molecule has 2 aromatic heterocycles. The minimum Gasteiger partial charge on any atom is -0.381 e. The molecule has 0 unspecified atom stereocenters. The minimum absolute atomic E-state index is 0.0857. The topological polar surface area (TPSA) is 69.0 Å². The van der Waals surface area contributed by atoms with E-state index < -0.39 is 0 Å². The van der Waals surface area contributed by atoms with Gasteiger partial charge in [-0.1, -0.05) is 24.3 Å². The highest BCUT2D eigenvalue weighted by atomic mass is 16.5. The van der Waals surface area contributed by atoms with Crippen molar-refractivity contribution in [2.24, 2.45) is 5.92 Å². The predicted octanol–water partition coefficient (Wildman–Crippen LogP) is 3.75. The summed E-state index contributed by atoms with van der Waals surface area (Å²) in [6, 6.07) is 10.1. The van der Waals surface area contributed by atoms with Gasteiger partial charge in [-0.3, -0.25) is 4.79 Å². The molecule has 28 heavy (non-hydrogen) atoms. The first kappa shape index (κ1) is 18.6. The molecule has 1 atom stereocenters. The molecule has 1 aliphatic rings. The van der Waals surface area contributed by atoms with Crippen molar-refractivity contribution in [3.8, 4) is 11.3 Å². The fraction of sp³-hybridized carbons (Fsp3) is 0.409. The number of aromatic nitrogens is 3. The average molecular weight is 378 g/mol. The Labute approximate surface area is 164 Å². The summed E-state index contributed by atoms with van der Waals surface area (Å²) in [6.07, 6.45) is 2.74. The van der Waals surface area contributed by atoms with Crippen LogP contribution in [-0.2, 0) is 4.74 Å². The quantitative estimate of drug-likeness (QED) is 0.734. The van der Waals surface area contributed by atoms with Gasteiger partial charge in [0.2, 0.25) is 0 Å². The molecule has 6 heteroatoms. The van der Waals surface area contributed by atoms with Crippen molar-refractivity contribution in [3.05, 3.63) is 47.7 Å². The molecule has 6 nitrogen and oxygen atoms in total. The molecule has 146 valence electrons. The van der Waals surface area contributed by atoms with E-state index in [1.165, 1.54) is 0 Å². The van der Waals surface area contributed by atoms with E-state index in [4.69, 9.17) is 9.72 Å². The summed E-state index contributed by atoms with van der Waals surface area (Å²) in [5.74, 6) is 0.299. The number of fused-ring (bicyclic) bond motifs is 1. The number of aryl methyl sites for hydroxylation is 1. The zero-order chi connectivity index (χ0) is 19.7. The van der Waals surface area contributed by atoms with Crippen molar-refractivity contribution in [1.82, 2.24) is 20.1 Å². The summed E-state index contributed by atoms with van der Waals surface area (Å²) in [4.78, 5) is 17.9. The number of carbonyl (C=O) groups excluding carboxylic acids is 1. The van der Waals surface area contributed by atoms with E-state index in [1.54, 1.807) is 6.20 Å². The summed E-state index contributed by atoms with van der Waals surface area (Å²) in [5, 5.41) is 8.35. The average Bonchev–Trinajstić information content (AvgIpc) is 3.35. The van der Waals surface area contributed by atoms with Crippen LogP contribution in [0, 0.1) is 12.8 Å². The highest BCUT2D eigenvalue weighted by Crippen LogP contribution is 2.28. The summed E-state index contributed by atoms with van der Waals surface area (Å²) in [5.41, 5.74) is 4.31. The molecule has 4 rings (SSSR count). The van der Waals surface area contributed by atoms with Crippen LogP contribution in [0.25, 0.3) is 22.3 Å². The second-order valence-electron chi connectivity index (χ2n) is 7.73. The maximum absolute atomic E-state index is 13.0. The monoisotopic (exact) mass is 378 g/mol. The molecule has 1 N–H and O–H groups in total. The van der Waals surface area contributed by atoms with Gasteiger partial charge >= 0.3 is 0 Å². The van der Waals surface area contributed by atoms with Crippen LogP contribution in [0.2, 0.25) is 0 Å². The molecule has 1 saturated heterocycles. The molecule has 0 bridgehead atoms. The molecular formula is C22H26N4O2. The molecular weight excluding hydrogens is 352 g/mol. The van der Waals surface area contributed by atoms with Gasteiger partial charge in [-0.2, -0.15) is 5.10 Å². The van der Waals surface area contributed by atoms with Crippen LogP contribution in [0.15, 0.2) is 36.5 Å². The Hall–Kier alpha value is -2.73. The lowest BCUT2D eigenvalue weighted by Gasteiger charge is -2.13. The highest BCUT2D eigenvalue weighted by molar-refractivity contribution is 6.06. The molecule has 0 saturated carbocycles. The number of hydrogen-bond acceptors (Lipinski definition) is 4. The Balaban J connectivity index is 1.77. The lowest BCUT2D eigenvalue weighted by Crippen LogP contribution is -2.29. The molecule has 1 amide bonds. The third-order valence-electron chi connectivity index (χ3n) is 5.30. The first-order valence-corrected chi connectivity index (χ1v) is 9.85. The Morgan fingerprint density at radius 1 is 1.36 bits per heavy atom. The van der Waals surface area contributed by atoms with Gasteiger partial charge in [-0.25, -0.2) is 9.67 Å². The fourth-order valence-electron chi connectivity index (χ4n) is 3.66. The van der Waals surface area contributed by atoms with Crippen LogP contribution >= 0.6 is 0 Å². The number of ether oxygens (including phenoxy) is 1. The van der Waals surface area contributed by atoms with Gasteiger partial charge in [-0.15, -0.1) is 0 Å². The Bertz CT molecular complexity index is 1000. The van der Waals surface area contributed by atoms with E-state index in [0.717, 1.165) is 40.9 Å². The van der Waals surface area contributed by atoms with Gasteiger partial charge < -0.3 is 10.1 Å². The number of pyridine rings is 1. The van der Waals surface area contributed by atoms with Crippen molar-refractivity contribution in [3.63, 3.8) is 0 Å². The largest absolute Gasteiger partial charge is 0.381 e. The maximum atomic E-state index is 13.0. The number of carbonyl (C=O) groups is 1. The Morgan fingerprint density at radius 3 is 2.89 bits per heavy atom. The summed E-state index contributed by atoms with van der Waals surface area (Å²) in [7, 11) is 0. The Kier molecular flexibility index (Phi) is 5.13. The minimum atomic E-state index is -0.0857. The van der Waals surface area contributed by atoms with Crippen molar-refractivity contribution >= 4 is 16.9 Å². The second-order valence-corrected chi connectivity index (χ2v) is 7.73. The van der Waals surface area contributed by atoms with E-state index in [-0.39, 0.29) is 11.9 Å². The van der Waals surface area contributed by atoms with E-state index in [9.17, 15) is 4.79 Å². The molecule has 1 aliphatic heterocycles. The van der Waals surface area contributed by atoms with Crippen LogP contribution in [-0.4, -0.2) is 40.4 Å². The summed E-state index contributed by atoms with van der Waals surface area (Å²) >= 11 is 0. The van der Waals surface area contributed by atoms with Gasteiger partial charge in [0.25, 0.3) is 5.91 Å². The summed E-state index contributed by atoms with van der Waals surface area (Å²) in [6.45, 7) is 8.30. The smallest absolute Gasteiger partial charge is 0.252 e. The number of rotatable bonds is 5. The van der Waals surface area contributed by atoms with E-state index in [0.29, 0.717) is 24.6 Å². The number of nitrogens with zero attached hydrogens (tertiary/aromatic N) is 3. The van der Waals surface area contributed by atoms with Crippen LogP contribution in [0.1, 0.15) is 42.2 Å². The molecule has 1 aromatic carbocycles. The van der Waals surface area contributed by atoms with Crippen molar-refractivity contribution in [2.75, 3.05) is 19.8 Å². The molecule has 3 heterocycles. The maximum Gasteiger partial charge on any atom is 0.252 e. The zero-order valence-electron chi connectivity index (χ0n) is 16.6. The van der Waals surface area contributed by atoms with Crippen molar-refractivity contribution < 1.29 is 9.53 Å². The van der Waals surface area contributed by atoms with Gasteiger partial charge in [0.05, 0.1) is 29.4 Å². The molecule has 0 spiro atoms. The highest BCUT2D eigenvalue weighted by Gasteiger charge is 2.21. The lowest BCUT2D eigenvalue weighted by atomic mass is 10.0. The van der Waals surface area contributed by atoms with Gasteiger partial charge in [-0.05, 0) is 38.8 Å². The van der Waals surface area contributed by atoms with E-state index in [1.807, 2.05) is 28.9 Å². The van der Waals surface area contributed by atoms with Crippen LogP contribution in [0.5, 0.6) is 0 Å². The first-order chi connectivity index (χ1) is 13.5. The molecule has 0 radical (unpaired) electrons. The van der Waals surface area contributed by atoms with E-state index in [2.05, 4.69) is 37.3 Å². The second kappa shape index (κ2) is 7.72. The SMILES string of the molecule is Cc1ccccc1-c1cc(C(=O)NC[C@@H]2CCOC2)c2cnn(C(C)C)c2n1. The van der Waals surface area contributed by atoms with Gasteiger partial charge in [0.15, 0.2) is 5.65 Å². The molecule has 1 fully saturated rings. The number of benzene rings is 1. The number of hydrogen-bond donors (Lipinski definition) is 1.